The number of hydrogen-bond donors (Lipinski definition) is 1. The molecule has 152 valence electrons. The fourth-order valence-corrected chi connectivity index (χ4v) is 4.71. The number of ether oxygens (including phenoxy) is 1. The van der Waals surface area contributed by atoms with Crippen LogP contribution < -0.4 is 4.74 Å². The van der Waals surface area contributed by atoms with E-state index in [-0.39, 0.29) is 6.61 Å². The number of piperidine rings is 1. The van der Waals surface area contributed by atoms with Crippen LogP contribution in [0.25, 0.3) is 0 Å². The van der Waals surface area contributed by atoms with Crippen molar-refractivity contribution in [1.29, 1.82) is 0 Å². The van der Waals surface area contributed by atoms with Gasteiger partial charge in [-0.1, -0.05) is 19.1 Å². The number of rotatable bonds is 8. The van der Waals surface area contributed by atoms with Crippen molar-refractivity contribution in [1.82, 2.24) is 14.7 Å². The van der Waals surface area contributed by atoms with Gasteiger partial charge in [0.2, 0.25) is 0 Å². The van der Waals surface area contributed by atoms with Gasteiger partial charge in [-0.25, -0.2) is 0 Å². The van der Waals surface area contributed by atoms with Crippen molar-refractivity contribution in [2.75, 3.05) is 53.0 Å². The van der Waals surface area contributed by atoms with Crippen LogP contribution in [0.3, 0.4) is 0 Å². The Morgan fingerprint density at radius 1 is 1.15 bits per heavy atom. The molecule has 1 aromatic rings. The molecule has 2 heterocycles. The second-order valence-electron chi connectivity index (χ2n) is 8.06. The third-order valence-corrected chi connectivity index (χ3v) is 6.23. The summed E-state index contributed by atoms with van der Waals surface area (Å²) in [4.78, 5) is 7.86. The fourth-order valence-electron chi connectivity index (χ4n) is 4.71. The lowest BCUT2D eigenvalue weighted by Gasteiger charge is -2.46. The van der Waals surface area contributed by atoms with Crippen LogP contribution in [0.1, 0.15) is 38.2 Å². The molecule has 1 N–H and O–H groups in total. The van der Waals surface area contributed by atoms with E-state index < -0.39 is 0 Å². The van der Waals surface area contributed by atoms with Crippen LogP contribution >= 0.6 is 0 Å². The second-order valence-corrected chi connectivity index (χ2v) is 8.06. The molecule has 5 nitrogen and oxygen atoms in total. The van der Waals surface area contributed by atoms with Gasteiger partial charge < -0.3 is 14.7 Å². The van der Waals surface area contributed by atoms with Crippen molar-refractivity contribution in [2.24, 2.45) is 0 Å². The summed E-state index contributed by atoms with van der Waals surface area (Å²) in [6, 6.07) is 9.52. The van der Waals surface area contributed by atoms with Gasteiger partial charge in [-0.15, -0.1) is 0 Å². The van der Waals surface area contributed by atoms with Crippen molar-refractivity contribution in [3.8, 4) is 5.75 Å². The van der Waals surface area contributed by atoms with Crippen molar-refractivity contribution in [3.05, 3.63) is 29.8 Å². The van der Waals surface area contributed by atoms with Crippen molar-refractivity contribution in [2.45, 2.75) is 51.2 Å². The summed E-state index contributed by atoms with van der Waals surface area (Å²) < 4.78 is 5.37. The number of aliphatic hydroxyl groups is 1. The summed E-state index contributed by atoms with van der Waals surface area (Å²) in [6.45, 7) is 10.5. The van der Waals surface area contributed by atoms with E-state index in [1.807, 2.05) is 6.07 Å². The average molecular weight is 376 g/mol. The number of piperazine rings is 1. The maximum atomic E-state index is 9.60. The highest BCUT2D eigenvalue weighted by molar-refractivity contribution is 5.28. The number of methoxy groups -OCH3 is 1. The highest BCUT2D eigenvalue weighted by Gasteiger charge is 2.32. The lowest BCUT2D eigenvalue weighted by atomic mass is 9.99. The zero-order valence-electron chi connectivity index (χ0n) is 17.1. The molecular weight excluding hydrogens is 338 g/mol. The summed E-state index contributed by atoms with van der Waals surface area (Å²) >= 11 is 0. The SMILES string of the molecule is CCCN1CCC(N2CCN(Cc3cccc(OC)c3)C(CCO)C2)CC1. The largest absolute Gasteiger partial charge is 0.497 e. The van der Waals surface area contributed by atoms with E-state index in [0.717, 1.165) is 44.4 Å². The Morgan fingerprint density at radius 2 is 1.96 bits per heavy atom. The Bertz CT molecular complexity index is 560. The molecule has 0 spiro atoms. The maximum absolute atomic E-state index is 9.60. The molecule has 5 heteroatoms. The van der Waals surface area contributed by atoms with Crippen LogP contribution in [0.4, 0.5) is 0 Å². The molecule has 0 radical (unpaired) electrons. The first kappa shape index (κ1) is 20.6. The molecule has 3 rings (SSSR count). The summed E-state index contributed by atoms with van der Waals surface area (Å²) in [5, 5.41) is 9.60. The van der Waals surface area contributed by atoms with Crippen molar-refractivity contribution < 1.29 is 9.84 Å². The fraction of sp³-hybridized carbons (Fsp3) is 0.727. The number of aliphatic hydroxyl groups excluding tert-OH is 1. The quantitative estimate of drug-likeness (QED) is 0.756. The van der Waals surface area contributed by atoms with E-state index in [0.29, 0.717) is 6.04 Å². The summed E-state index contributed by atoms with van der Waals surface area (Å²) in [6.07, 6.45) is 4.70. The van der Waals surface area contributed by atoms with Gasteiger partial charge in [-0.2, -0.15) is 0 Å². The molecule has 2 saturated heterocycles. The Kier molecular flexibility index (Phi) is 7.94. The van der Waals surface area contributed by atoms with Crippen molar-refractivity contribution >= 4 is 0 Å². The van der Waals surface area contributed by atoms with Gasteiger partial charge >= 0.3 is 0 Å². The van der Waals surface area contributed by atoms with E-state index >= 15 is 0 Å². The number of nitrogens with zero attached hydrogens (tertiary/aromatic N) is 3. The highest BCUT2D eigenvalue weighted by Crippen LogP contribution is 2.24. The van der Waals surface area contributed by atoms with Gasteiger partial charge in [0.1, 0.15) is 5.75 Å². The Morgan fingerprint density at radius 3 is 2.67 bits per heavy atom. The van der Waals surface area contributed by atoms with Crippen LogP contribution in [-0.2, 0) is 6.54 Å². The van der Waals surface area contributed by atoms with Crippen LogP contribution in [-0.4, -0.2) is 84.9 Å². The number of hydrogen-bond acceptors (Lipinski definition) is 5. The average Bonchev–Trinajstić information content (AvgIpc) is 2.70. The second kappa shape index (κ2) is 10.4. The molecule has 0 aliphatic carbocycles. The number of benzene rings is 1. The molecule has 0 bridgehead atoms. The Hall–Kier alpha value is -1.14. The van der Waals surface area contributed by atoms with Gasteiger partial charge in [0.25, 0.3) is 0 Å². The van der Waals surface area contributed by atoms with Crippen LogP contribution in [0, 0.1) is 0 Å². The highest BCUT2D eigenvalue weighted by atomic mass is 16.5. The van der Waals surface area contributed by atoms with Crippen LogP contribution in [0.15, 0.2) is 24.3 Å². The molecular formula is C22H37N3O2. The van der Waals surface area contributed by atoms with E-state index in [4.69, 9.17) is 4.74 Å². The van der Waals surface area contributed by atoms with E-state index in [2.05, 4.69) is 39.8 Å². The zero-order chi connectivity index (χ0) is 19.1. The van der Waals surface area contributed by atoms with E-state index in [1.165, 1.54) is 44.5 Å². The third kappa shape index (κ3) is 5.67. The lowest BCUT2D eigenvalue weighted by Crippen LogP contribution is -2.57. The monoisotopic (exact) mass is 375 g/mol. The summed E-state index contributed by atoms with van der Waals surface area (Å²) in [5.41, 5.74) is 1.29. The van der Waals surface area contributed by atoms with Crippen LogP contribution in [0.5, 0.6) is 5.75 Å². The van der Waals surface area contributed by atoms with Crippen molar-refractivity contribution in [3.63, 3.8) is 0 Å². The Balaban J connectivity index is 1.56. The summed E-state index contributed by atoms with van der Waals surface area (Å²) in [5.74, 6) is 0.920. The van der Waals surface area contributed by atoms with Gasteiger partial charge in [0.05, 0.1) is 7.11 Å². The van der Waals surface area contributed by atoms with Gasteiger partial charge in [-0.05, 0) is 63.0 Å². The molecule has 27 heavy (non-hydrogen) atoms. The molecule has 2 fully saturated rings. The summed E-state index contributed by atoms with van der Waals surface area (Å²) in [7, 11) is 1.72. The predicted molar refractivity (Wildman–Crippen MR) is 110 cm³/mol. The van der Waals surface area contributed by atoms with Gasteiger partial charge in [0.15, 0.2) is 0 Å². The van der Waals surface area contributed by atoms with Gasteiger partial charge in [0, 0.05) is 44.9 Å². The van der Waals surface area contributed by atoms with Gasteiger partial charge in [-0.3, -0.25) is 9.80 Å². The minimum Gasteiger partial charge on any atom is -0.497 e. The normalized spacial score (nSPS) is 23.6. The van der Waals surface area contributed by atoms with Crippen LogP contribution in [0.2, 0.25) is 0 Å². The molecule has 0 saturated carbocycles. The first-order chi connectivity index (χ1) is 13.2. The molecule has 2 aliphatic heterocycles. The molecule has 1 unspecified atom stereocenters. The molecule has 0 aromatic heterocycles. The number of likely N-dealkylation sites (tertiary alicyclic amines) is 1. The molecule has 1 atom stereocenters. The predicted octanol–water partition coefficient (Wildman–Crippen LogP) is 2.44. The standard InChI is InChI=1S/C22H37N3O2/c1-3-10-23-11-7-20(8-12-23)25-14-13-24(21(18-25)9-15-26)17-19-5-4-6-22(16-19)27-2/h4-6,16,20-21,26H,3,7-15,17-18H2,1-2H3. The molecule has 1 aromatic carbocycles. The first-order valence-corrected chi connectivity index (χ1v) is 10.7. The molecule has 0 amide bonds. The zero-order valence-corrected chi connectivity index (χ0v) is 17.1. The third-order valence-electron chi connectivity index (χ3n) is 6.23. The minimum absolute atomic E-state index is 0.266. The molecule has 2 aliphatic rings. The smallest absolute Gasteiger partial charge is 0.119 e. The van der Waals surface area contributed by atoms with E-state index in [1.54, 1.807) is 7.11 Å². The minimum atomic E-state index is 0.266. The van der Waals surface area contributed by atoms with E-state index in [9.17, 15) is 5.11 Å². The first-order valence-electron chi connectivity index (χ1n) is 10.7. The Labute approximate surface area is 164 Å². The lowest BCUT2D eigenvalue weighted by molar-refractivity contribution is 0.0131. The topological polar surface area (TPSA) is 39.2 Å². The maximum Gasteiger partial charge on any atom is 0.119 e.